The van der Waals surface area contributed by atoms with E-state index in [2.05, 4.69) is 9.46 Å². The number of ether oxygens (including phenoxy) is 2. The second-order valence-electron chi connectivity index (χ2n) is 4.89. The minimum atomic E-state index is -3.85. The third kappa shape index (κ3) is 3.34. The van der Waals surface area contributed by atoms with Crippen molar-refractivity contribution in [3.8, 4) is 0 Å². The average Bonchev–Trinajstić information content (AvgIpc) is 2.41. The van der Waals surface area contributed by atoms with Crippen molar-refractivity contribution in [1.82, 2.24) is 4.72 Å². The summed E-state index contributed by atoms with van der Waals surface area (Å²) >= 11 is 0. The second-order valence-corrected chi connectivity index (χ2v) is 6.58. The molecule has 1 aliphatic carbocycles. The van der Waals surface area contributed by atoms with E-state index in [0.29, 0.717) is 12.8 Å². The zero-order chi connectivity index (χ0) is 15.6. The first-order valence-corrected chi connectivity index (χ1v) is 7.88. The maximum Gasteiger partial charge on any atom is 0.339 e. The highest BCUT2D eigenvalue weighted by atomic mass is 32.2. The summed E-state index contributed by atoms with van der Waals surface area (Å²) in [5.74, 6) is -0.723. The topological polar surface area (TPSA) is 108 Å². The van der Waals surface area contributed by atoms with Crippen LogP contribution in [-0.2, 0) is 19.5 Å². The number of anilines is 1. The highest BCUT2D eigenvalue weighted by Crippen LogP contribution is 2.26. The van der Waals surface area contributed by atoms with Gasteiger partial charge in [0.15, 0.2) is 0 Å². The van der Waals surface area contributed by atoms with E-state index >= 15 is 0 Å². The summed E-state index contributed by atoms with van der Waals surface area (Å²) in [7, 11) is -1.07. The van der Waals surface area contributed by atoms with Gasteiger partial charge in [0.25, 0.3) is 0 Å². The number of hydrogen-bond donors (Lipinski definition) is 2. The van der Waals surface area contributed by atoms with Crippen LogP contribution in [0.1, 0.15) is 23.2 Å². The van der Waals surface area contributed by atoms with Crippen LogP contribution in [0.25, 0.3) is 0 Å². The Morgan fingerprint density at radius 3 is 2.57 bits per heavy atom. The molecule has 0 amide bonds. The number of carbonyl (C=O) groups is 1. The van der Waals surface area contributed by atoms with E-state index in [1.54, 1.807) is 7.11 Å². The van der Waals surface area contributed by atoms with E-state index < -0.39 is 16.0 Å². The molecule has 1 aromatic rings. The van der Waals surface area contributed by atoms with Crippen molar-refractivity contribution in [2.45, 2.75) is 29.9 Å². The van der Waals surface area contributed by atoms with Crippen LogP contribution in [0.5, 0.6) is 0 Å². The van der Waals surface area contributed by atoms with Crippen LogP contribution in [-0.4, -0.2) is 40.8 Å². The summed E-state index contributed by atoms with van der Waals surface area (Å²) in [5.41, 5.74) is 5.84. The summed E-state index contributed by atoms with van der Waals surface area (Å²) in [5, 5.41) is 0. The number of rotatable bonds is 5. The van der Waals surface area contributed by atoms with Crippen LogP contribution in [0.4, 0.5) is 5.69 Å². The zero-order valence-electron chi connectivity index (χ0n) is 11.8. The number of benzene rings is 1. The van der Waals surface area contributed by atoms with Gasteiger partial charge in [0, 0.05) is 18.8 Å². The molecule has 1 fully saturated rings. The van der Waals surface area contributed by atoms with Crippen LogP contribution in [0.15, 0.2) is 23.1 Å². The van der Waals surface area contributed by atoms with E-state index in [9.17, 15) is 13.2 Å². The fraction of sp³-hybridized carbons (Fsp3) is 0.462. The first-order valence-electron chi connectivity index (χ1n) is 6.40. The smallest absolute Gasteiger partial charge is 0.339 e. The molecule has 1 saturated carbocycles. The van der Waals surface area contributed by atoms with Crippen molar-refractivity contribution in [2.75, 3.05) is 20.0 Å². The first kappa shape index (κ1) is 15.7. The van der Waals surface area contributed by atoms with E-state index in [1.807, 2.05) is 0 Å². The minimum absolute atomic E-state index is 0.0400. The Morgan fingerprint density at radius 1 is 1.33 bits per heavy atom. The van der Waals surface area contributed by atoms with Gasteiger partial charge in [-0.05, 0) is 31.0 Å². The van der Waals surface area contributed by atoms with E-state index in [4.69, 9.17) is 10.5 Å². The van der Waals surface area contributed by atoms with Gasteiger partial charge in [0.2, 0.25) is 10.0 Å². The van der Waals surface area contributed by atoms with E-state index in [-0.39, 0.29) is 28.3 Å². The second kappa shape index (κ2) is 6.00. The van der Waals surface area contributed by atoms with Crippen molar-refractivity contribution in [2.24, 2.45) is 0 Å². The number of carbonyl (C=O) groups excluding carboxylic acids is 1. The Labute approximate surface area is 123 Å². The van der Waals surface area contributed by atoms with Gasteiger partial charge in [-0.1, -0.05) is 0 Å². The average molecular weight is 314 g/mol. The Kier molecular flexibility index (Phi) is 4.50. The molecule has 0 bridgehead atoms. The molecule has 116 valence electrons. The summed E-state index contributed by atoms with van der Waals surface area (Å²) < 4.78 is 37.1. The highest BCUT2D eigenvalue weighted by Gasteiger charge is 2.34. The van der Waals surface area contributed by atoms with Crippen molar-refractivity contribution >= 4 is 21.7 Å². The molecule has 0 saturated heterocycles. The van der Waals surface area contributed by atoms with Gasteiger partial charge in [-0.25, -0.2) is 17.9 Å². The molecule has 7 nitrogen and oxygen atoms in total. The summed E-state index contributed by atoms with van der Waals surface area (Å²) in [6.07, 6.45) is 1.27. The lowest BCUT2D eigenvalue weighted by atomic mass is 9.90. The Bertz CT molecular complexity index is 638. The van der Waals surface area contributed by atoms with Crippen molar-refractivity contribution < 1.29 is 22.7 Å². The van der Waals surface area contributed by atoms with Gasteiger partial charge < -0.3 is 15.2 Å². The van der Waals surface area contributed by atoms with Crippen molar-refractivity contribution in [1.29, 1.82) is 0 Å². The lowest BCUT2D eigenvalue weighted by Gasteiger charge is -2.34. The summed E-state index contributed by atoms with van der Waals surface area (Å²) in [4.78, 5) is 11.5. The van der Waals surface area contributed by atoms with Crippen LogP contribution >= 0.6 is 0 Å². The van der Waals surface area contributed by atoms with Crippen LogP contribution in [0, 0.1) is 0 Å². The maximum atomic E-state index is 12.4. The molecule has 0 aromatic heterocycles. The number of esters is 1. The molecule has 21 heavy (non-hydrogen) atoms. The molecule has 1 aliphatic rings. The van der Waals surface area contributed by atoms with Gasteiger partial charge >= 0.3 is 5.97 Å². The molecular weight excluding hydrogens is 296 g/mol. The predicted octanol–water partition coefficient (Wildman–Crippen LogP) is 0.511. The van der Waals surface area contributed by atoms with Gasteiger partial charge in [-0.2, -0.15) is 0 Å². The van der Waals surface area contributed by atoms with Crippen molar-refractivity contribution in [3.05, 3.63) is 23.8 Å². The van der Waals surface area contributed by atoms with Crippen LogP contribution in [0.3, 0.4) is 0 Å². The first-order chi connectivity index (χ1) is 9.87. The number of nitrogens with one attached hydrogen (secondary N) is 1. The fourth-order valence-electron chi connectivity index (χ4n) is 2.18. The summed E-state index contributed by atoms with van der Waals surface area (Å²) in [6.45, 7) is 0. The van der Waals surface area contributed by atoms with Gasteiger partial charge in [0.1, 0.15) is 0 Å². The van der Waals surface area contributed by atoms with Gasteiger partial charge in [-0.3, -0.25) is 0 Å². The molecule has 8 heteroatoms. The monoisotopic (exact) mass is 314 g/mol. The van der Waals surface area contributed by atoms with Crippen LogP contribution in [0.2, 0.25) is 0 Å². The van der Waals surface area contributed by atoms with Crippen molar-refractivity contribution in [3.63, 3.8) is 0 Å². The quantitative estimate of drug-likeness (QED) is 0.605. The molecular formula is C13H18N2O5S. The molecule has 0 spiro atoms. The fourth-order valence-corrected chi connectivity index (χ4v) is 3.67. The van der Waals surface area contributed by atoms with E-state index in [1.165, 1.54) is 25.3 Å². The minimum Gasteiger partial charge on any atom is -0.465 e. The number of nitrogen functional groups attached to an aromatic ring is 1. The lowest BCUT2D eigenvalue weighted by Crippen LogP contribution is -2.47. The zero-order valence-corrected chi connectivity index (χ0v) is 12.6. The molecule has 3 N–H and O–H groups in total. The lowest BCUT2D eigenvalue weighted by molar-refractivity contribution is 0.0236. The number of methoxy groups -OCH3 is 2. The standard InChI is InChI=1S/C13H18N2O5S/c1-19-10-6-9(7-10)15-21(17,18)12-5-8(14)3-4-11(12)13(16)20-2/h3-5,9-10,15H,6-7,14H2,1-2H3. The Balaban J connectivity index is 2.27. The Hall–Kier alpha value is -1.64. The molecule has 0 unspecified atom stereocenters. The van der Waals surface area contributed by atoms with Gasteiger partial charge in [0.05, 0.1) is 23.7 Å². The van der Waals surface area contributed by atoms with Gasteiger partial charge in [-0.15, -0.1) is 0 Å². The SMILES string of the molecule is COC(=O)c1ccc(N)cc1S(=O)(=O)NC1CC(OC)C1. The third-order valence-electron chi connectivity index (χ3n) is 3.45. The molecule has 0 heterocycles. The molecule has 1 aromatic carbocycles. The molecule has 0 atom stereocenters. The largest absolute Gasteiger partial charge is 0.465 e. The molecule has 2 rings (SSSR count). The predicted molar refractivity (Wildman–Crippen MR) is 76.3 cm³/mol. The maximum absolute atomic E-state index is 12.4. The highest BCUT2D eigenvalue weighted by molar-refractivity contribution is 7.89. The number of hydrogen-bond acceptors (Lipinski definition) is 6. The summed E-state index contributed by atoms with van der Waals surface area (Å²) in [6, 6.07) is 3.84. The molecule has 0 radical (unpaired) electrons. The number of nitrogens with two attached hydrogens (primary N) is 1. The Morgan fingerprint density at radius 2 is 2.00 bits per heavy atom. The molecule has 0 aliphatic heterocycles. The van der Waals surface area contributed by atoms with E-state index in [0.717, 1.165) is 0 Å². The third-order valence-corrected chi connectivity index (χ3v) is 5.01. The number of sulfonamides is 1. The normalized spacial score (nSPS) is 21.6. The van der Waals surface area contributed by atoms with Crippen LogP contribution < -0.4 is 10.5 Å².